The van der Waals surface area contributed by atoms with Crippen molar-refractivity contribution in [3.63, 3.8) is 0 Å². The predicted molar refractivity (Wildman–Crippen MR) is 107 cm³/mol. The van der Waals surface area contributed by atoms with Crippen LogP contribution >= 0.6 is 0 Å². The van der Waals surface area contributed by atoms with Crippen LogP contribution in [0.3, 0.4) is 0 Å². The molecule has 5 nitrogen and oxygen atoms in total. The third kappa shape index (κ3) is 5.55. The molecule has 1 heterocycles. The number of amides is 1. The maximum atomic E-state index is 12.2. The molecular formula is C23H19N3O2. The van der Waals surface area contributed by atoms with Gasteiger partial charge in [0, 0.05) is 18.9 Å². The number of pyridine rings is 1. The zero-order chi connectivity index (χ0) is 19.6. The summed E-state index contributed by atoms with van der Waals surface area (Å²) < 4.78 is 5.74. The van der Waals surface area contributed by atoms with E-state index in [1.165, 1.54) is 0 Å². The number of benzene rings is 2. The van der Waals surface area contributed by atoms with Crippen molar-refractivity contribution in [1.82, 2.24) is 10.3 Å². The van der Waals surface area contributed by atoms with Crippen LogP contribution in [-0.4, -0.2) is 10.9 Å². The number of aromatic nitrogens is 1. The molecule has 2 aromatic carbocycles. The van der Waals surface area contributed by atoms with Crippen LogP contribution in [0.1, 0.15) is 16.7 Å². The molecule has 0 aliphatic carbocycles. The topological polar surface area (TPSA) is 75.0 Å². The fourth-order valence-electron chi connectivity index (χ4n) is 2.50. The van der Waals surface area contributed by atoms with Gasteiger partial charge in [-0.1, -0.05) is 48.5 Å². The second-order valence-electron chi connectivity index (χ2n) is 6.06. The summed E-state index contributed by atoms with van der Waals surface area (Å²) in [5.74, 6) is 0.302. The Labute approximate surface area is 163 Å². The Kier molecular flexibility index (Phi) is 6.53. The molecule has 0 aliphatic heterocycles. The summed E-state index contributed by atoms with van der Waals surface area (Å²) in [6.07, 6.45) is 4.89. The highest BCUT2D eigenvalue weighted by Crippen LogP contribution is 2.16. The minimum atomic E-state index is -0.421. The van der Waals surface area contributed by atoms with Crippen LogP contribution in [0.4, 0.5) is 0 Å². The van der Waals surface area contributed by atoms with Gasteiger partial charge < -0.3 is 10.1 Å². The predicted octanol–water partition coefficient (Wildman–Crippen LogP) is 3.88. The zero-order valence-corrected chi connectivity index (χ0v) is 15.2. The number of nitrogens with one attached hydrogen (secondary N) is 1. The molecule has 0 radical (unpaired) electrons. The van der Waals surface area contributed by atoms with Crippen molar-refractivity contribution in [2.75, 3.05) is 0 Å². The fraction of sp³-hybridized carbons (Fsp3) is 0.0870. The molecule has 0 aliphatic rings. The van der Waals surface area contributed by atoms with E-state index in [1.54, 1.807) is 24.5 Å². The van der Waals surface area contributed by atoms with Crippen molar-refractivity contribution in [1.29, 1.82) is 5.26 Å². The molecule has 3 aromatic rings. The molecule has 138 valence electrons. The molecule has 3 rings (SSSR count). The first kappa shape index (κ1) is 18.9. The number of hydrogen-bond acceptors (Lipinski definition) is 4. The smallest absolute Gasteiger partial charge is 0.262 e. The van der Waals surface area contributed by atoms with E-state index in [2.05, 4.69) is 10.3 Å². The zero-order valence-electron chi connectivity index (χ0n) is 15.2. The van der Waals surface area contributed by atoms with E-state index in [-0.39, 0.29) is 5.57 Å². The van der Waals surface area contributed by atoms with Crippen LogP contribution in [0.15, 0.2) is 84.7 Å². The number of rotatable bonds is 7. The summed E-state index contributed by atoms with van der Waals surface area (Å²) in [5, 5.41) is 12.0. The van der Waals surface area contributed by atoms with Gasteiger partial charge in [-0.15, -0.1) is 0 Å². The number of carbonyl (C=O) groups is 1. The Morgan fingerprint density at radius 3 is 2.46 bits per heavy atom. The lowest BCUT2D eigenvalue weighted by molar-refractivity contribution is -0.117. The Balaban J connectivity index is 1.59. The normalized spacial score (nSPS) is 10.8. The van der Waals surface area contributed by atoms with Gasteiger partial charge in [-0.05, 0) is 41.0 Å². The molecular weight excluding hydrogens is 350 g/mol. The van der Waals surface area contributed by atoms with E-state index in [0.29, 0.717) is 13.2 Å². The third-order valence-corrected chi connectivity index (χ3v) is 3.98. The number of ether oxygens (including phenoxy) is 1. The minimum absolute atomic E-state index is 0.0434. The van der Waals surface area contributed by atoms with E-state index in [4.69, 9.17) is 4.74 Å². The molecule has 1 amide bonds. The molecule has 28 heavy (non-hydrogen) atoms. The summed E-state index contributed by atoms with van der Waals surface area (Å²) >= 11 is 0. The van der Waals surface area contributed by atoms with Crippen molar-refractivity contribution in [2.24, 2.45) is 0 Å². The van der Waals surface area contributed by atoms with Crippen LogP contribution in [0.2, 0.25) is 0 Å². The second-order valence-corrected chi connectivity index (χ2v) is 6.06. The van der Waals surface area contributed by atoms with Gasteiger partial charge in [0.1, 0.15) is 24.0 Å². The first-order valence-electron chi connectivity index (χ1n) is 8.80. The summed E-state index contributed by atoms with van der Waals surface area (Å²) in [7, 11) is 0. The van der Waals surface area contributed by atoms with Gasteiger partial charge in [0.05, 0.1) is 0 Å². The van der Waals surface area contributed by atoms with Crippen molar-refractivity contribution in [2.45, 2.75) is 13.2 Å². The number of hydrogen-bond donors (Lipinski definition) is 1. The van der Waals surface area contributed by atoms with Gasteiger partial charge in [0.15, 0.2) is 0 Å². The van der Waals surface area contributed by atoms with Gasteiger partial charge in [0.2, 0.25) is 0 Å². The minimum Gasteiger partial charge on any atom is -0.489 e. The van der Waals surface area contributed by atoms with Gasteiger partial charge in [-0.3, -0.25) is 9.78 Å². The lowest BCUT2D eigenvalue weighted by Gasteiger charge is -2.07. The Morgan fingerprint density at radius 2 is 1.79 bits per heavy atom. The number of nitrogens with zero attached hydrogens (tertiary/aromatic N) is 2. The SMILES string of the molecule is N#C/C(=C\c1ccc(OCc2ccccc2)cc1)C(=O)NCc1cccnc1. The monoisotopic (exact) mass is 369 g/mol. The average Bonchev–Trinajstić information content (AvgIpc) is 2.76. The highest BCUT2D eigenvalue weighted by Gasteiger charge is 2.09. The molecule has 0 unspecified atom stereocenters. The van der Waals surface area contributed by atoms with E-state index in [0.717, 1.165) is 22.4 Å². The lowest BCUT2D eigenvalue weighted by Crippen LogP contribution is -2.23. The average molecular weight is 369 g/mol. The van der Waals surface area contributed by atoms with Crippen molar-refractivity contribution < 1.29 is 9.53 Å². The van der Waals surface area contributed by atoms with Crippen LogP contribution in [0.5, 0.6) is 5.75 Å². The van der Waals surface area contributed by atoms with Crippen molar-refractivity contribution >= 4 is 12.0 Å². The molecule has 5 heteroatoms. The quantitative estimate of drug-likeness (QED) is 0.506. The molecule has 0 fully saturated rings. The largest absolute Gasteiger partial charge is 0.489 e. The number of nitriles is 1. The molecule has 0 spiro atoms. The first-order valence-corrected chi connectivity index (χ1v) is 8.80. The van der Waals surface area contributed by atoms with E-state index in [9.17, 15) is 10.1 Å². The van der Waals surface area contributed by atoms with Gasteiger partial charge in [-0.25, -0.2) is 0 Å². The molecule has 0 atom stereocenters. The highest BCUT2D eigenvalue weighted by atomic mass is 16.5. The summed E-state index contributed by atoms with van der Waals surface area (Å²) in [6, 6.07) is 22.8. The molecule has 0 saturated heterocycles. The van der Waals surface area contributed by atoms with E-state index in [1.807, 2.05) is 66.7 Å². The van der Waals surface area contributed by atoms with Gasteiger partial charge in [0.25, 0.3) is 5.91 Å². The third-order valence-electron chi connectivity index (χ3n) is 3.98. The second kappa shape index (κ2) is 9.70. The van der Waals surface area contributed by atoms with E-state index >= 15 is 0 Å². The Morgan fingerprint density at radius 1 is 1.04 bits per heavy atom. The first-order chi connectivity index (χ1) is 13.7. The van der Waals surface area contributed by atoms with E-state index < -0.39 is 5.91 Å². The molecule has 1 aromatic heterocycles. The van der Waals surface area contributed by atoms with Gasteiger partial charge >= 0.3 is 0 Å². The maximum absolute atomic E-state index is 12.2. The van der Waals surface area contributed by atoms with Crippen LogP contribution < -0.4 is 10.1 Å². The summed E-state index contributed by atoms with van der Waals surface area (Å²) in [6.45, 7) is 0.800. The molecule has 0 saturated carbocycles. The van der Waals surface area contributed by atoms with Crippen LogP contribution in [-0.2, 0) is 17.9 Å². The van der Waals surface area contributed by atoms with Crippen molar-refractivity contribution in [3.05, 3.63) is 101 Å². The standard InChI is InChI=1S/C23H19N3O2/c24-14-21(23(27)26-16-20-7-4-12-25-15-20)13-18-8-10-22(11-9-18)28-17-19-5-2-1-3-6-19/h1-13,15H,16-17H2,(H,26,27)/b21-13+. The lowest BCUT2D eigenvalue weighted by atomic mass is 10.1. The maximum Gasteiger partial charge on any atom is 0.262 e. The van der Waals surface area contributed by atoms with Crippen molar-refractivity contribution in [3.8, 4) is 11.8 Å². The van der Waals surface area contributed by atoms with Gasteiger partial charge in [-0.2, -0.15) is 5.26 Å². The molecule has 0 bridgehead atoms. The fourth-order valence-corrected chi connectivity index (χ4v) is 2.50. The molecule has 1 N–H and O–H groups in total. The van der Waals surface area contributed by atoms with Crippen LogP contribution in [0.25, 0.3) is 6.08 Å². The van der Waals surface area contributed by atoms with Crippen LogP contribution in [0, 0.1) is 11.3 Å². The number of carbonyl (C=O) groups excluding carboxylic acids is 1. The highest BCUT2D eigenvalue weighted by molar-refractivity contribution is 6.01. The Hall–Kier alpha value is -3.91. The summed E-state index contributed by atoms with van der Waals surface area (Å²) in [4.78, 5) is 16.2. The Bertz CT molecular complexity index is 976. The summed E-state index contributed by atoms with van der Waals surface area (Å²) in [5.41, 5.74) is 2.75.